The fraction of sp³-hybridized carbons (Fsp3) is 0.250. The van der Waals surface area contributed by atoms with Gasteiger partial charge in [0.2, 0.25) is 0 Å². The minimum Gasteiger partial charge on any atom is -0.330 e. The van der Waals surface area contributed by atoms with Crippen molar-refractivity contribution in [3.8, 4) is 0 Å². The van der Waals surface area contributed by atoms with Gasteiger partial charge in [-0.1, -0.05) is 12.1 Å². The lowest BCUT2D eigenvalue weighted by atomic mass is 10.1. The van der Waals surface area contributed by atoms with Gasteiger partial charge in [0.1, 0.15) is 0 Å². The SMILES string of the molecule is NCCc1ccc(N(O)O)cc1. The minimum atomic E-state index is 0.0895. The number of anilines is 1. The molecule has 0 unspecified atom stereocenters. The number of rotatable bonds is 3. The van der Waals surface area contributed by atoms with Gasteiger partial charge in [-0.3, -0.25) is 10.4 Å². The van der Waals surface area contributed by atoms with Gasteiger partial charge in [-0.2, -0.15) is 0 Å². The van der Waals surface area contributed by atoms with Crippen LogP contribution in [-0.2, 0) is 6.42 Å². The van der Waals surface area contributed by atoms with E-state index >= 15 is 0 Å². The Morgan fingerprint density at radius 2 is 1.75 bits per heavy atom. The van der Waals surface area contributed by atoms with Crippen LogP contribution in [0, 0.1) is 0 Å². The summed E-state index contributed by atoms with van der Waals surface area (Å²) < 4.78 is 0. The third kappa shape index (κ3) is 2.20. The molecule has 0 amide bonds. The van der Waals surface area contributed by atoms with E-state index in [-0.39, 0.29) is 5.23 Å². The van der Waals surface area contributed by atoms with E-state index in [1.165, 1.54) is 0 Å². The number of nitrogens with two attached hydrogens (primary N) is 1. The lowest BCUT2D eigenvalue weighted by Crippen LogP contribution is -2.10. The molecule has 0 bridgehead atoms. The Kier molecular flexibility index (Phi) is 3.04. The molecule has 0 aliphatic heterocycles. The van der Waals surface area contributed by atoms with Gasteiger partial charge in [0.25, 0.3) is 0 Å². The highest BCUT2D eigenvalue weighted by Crippen LogP contribution is 2.11. The zero-order chi connectivity index (χ0) is 8.97. The monoisotopic (exact) mass is 168 g/mol. The Hall–Kier alpha value is -1.10. The summed E-state index contributed by atoms with van der Waals surface area (Å²) in [5.41, 5.74) is 6.78. The Morgan fingerprint density at radius 1 is 1.17 bits per heavy atom. The van der Waals surface area contributed by atoms with Crippen LogP contribution in [0.5, 0.6) is 0 Å². The molecule has 0 saturated carbocycles. The molecule has 1 rings (SSSR count). The van der Waals surface area contributed by atoms with Gasteiger partial charge in [-0.15, -0.1) is 5.23 Å². The van der Waals surface area contributed by atoms with Gasteiger partial charge in [-0.25, -0.2) is 0 Å². The summed E-state index contributed by atoms with van der Waals surface area (Å²) in [5, 5.41) is 17.3. The summed E-state index contributed by atoms with van der Waals surface area (Å²) in [6.45, 7) is 0.599. The summed E-state index contributed by atoms with van der Waals surface area (Å²) in [6, 6.07) is 6.85. The highest BCUT2D eigenvalue weighted by molar-refractivity contribution is 5.42. The summed E-state index contributed by atoms with van der Waals surface area (Å²) in [4.78, 5) is 0. The molecular weight excluding hydrogens is 156 g/mol. The van der Waals surface area contributed by atoms with E-state index in [9.17, 15) is 0 Å². The van der Waals surface area contributed by atoms with Crippen molar-refractivity contribution in [2.45, 2.75) is 6.42 Å². The second-order valence-electron chi connectivity index (χ2n) is 2.49. The maximum absolute atomic E-state index is 8.61. The minimum absolute atomic E-state index is 0.0895. The fourth-order valence-corrected chi connectivity index (χ4v) is 0.963. The van der Waals surface area contributed by atoms with Gasteiger partial charge in [0.05, 0.1) is 5.69 Å². The fourth-order valence-electron chi connectivity index (χ4n) is 0.963. The smallest absolute Gasteiger partial charge is 0.0942 e. The molecule has 0 radical (unpaired) electrons. The van der Waals surface area contributed by atoms with Crippen LogP contribution in [0.4, 0.5) is 5.69 Å². The van der Waals surface area contributed by atoms with Crippen LogP contribution in [0.15, 0.2) is 24.3 Å². The Morgan fingerprint density at radius 3 is 2.17 bits per heavy atom. The molecule has 0 saturated heterocycles. The molecule has 0 aliphatic carbocycles. The van der Waals surface area contributed by atoms with Crippen LogP contribution in [0.3, 0.4) is 0 Å². The van der Waals surface area contributed by atoms with Crippen LogP contribution in [0.25, 0.3) is 0 Å². The molecular formula is C8H12N2O2. The molecule has 4 N–H and O–H groups in total. The molecule has 0 atom stereocenters. The van der Waals surface area contributed by atoms with Gasteiger partial charge >= 0.3 is 0 Å². The first-order valence-corrected chi connectivity index (χ1v) is 3.71. The Bertz CT molecular complexity index is 233. The maximum Gasteiger partial charge on any atom is 0.0942 e. The zero-order valence-electron chi connectivity index (χ0n) is 6.64. The summed E-state index contributed by atoms with van der Waals surface area (Å²) in [5.74, 6) is 0. The highest BCUT2D eigenvalue weighted by atomic mass is 16.8. The topological polar surface area (TPSA) is 69.7 Å². The van der Waals surface area contributed by atoms with Gasteiger partial charge in [-0.05, 0) is 30.7 Å². The van der Waals surface area contributed by atoms with Crippen LogP contribution < -0.4 is 11.0 Å². The molecule has 0 aromatic heterocycles. The summed E-state index contributed by atoms with van der Waals surface area (Å²) >= 11 is 0. The lowest BCUT2D eigenvalue weighted by molar-refractivity contribution is 0.0291. The molecule has 12 heavy (non-hydrogen) atoms. The van der Waals surface area contributed by atoms with Crippen LogP contribution in [-0.4, -0.2) is 17.0 Å². The van der Waals surface area contributed by atoms with E-state index in [2.05, 4.69) is 0 Å². The highest BCUT2D eigenvalue weighted by Gasteiger charge is 1.97. The second-order valence-corrected chi connectivity index (χ2v) is 2.49. The summed E-state index contributed by atoms with van der Waals surface area (Å²) in [6.07, 6.45) is 0.803. The third-order valence-corrected chi connectivity index (χ3v) is 1.60. The Labute approximate surface area is 70.8 Å². The average molecular weight is 168 g/mol. The van der Waals surface area contributed by atoms with Gasteiger partial charge in [0.15, 0.2) is 0 Å². The molecule has 4 heteroatoms. The largest absolute Gasteiger partial charge is 0.330 e. The van der Waals surface area contributed by atoms with Crippen molar-refractivity contribution in [1.29, 1.82) is 0 Å². The van der Waals surface area contributed by atoms with E-state index in [0.29, 0.717) is 12.2 Å². The number of nitrogens with zero attached hydrogens (tertiary/aromatic N) is 1. The van der Waals surface area contributed by atoms with Crippen molar-refractivity contribution in [2.24, 2.45) is 5.73 Å². The predicted octanol–water partition coefficient (Wildman–Crippen LogP) is 0.773. The molecule has 1 aromatic carbocycles. The van der Waals surface area contributed by atoms with Crippen LogP contribution in [0.1, 0.15) is 5.56 Å². The molecule has 66 valence electrons. The number of benzene rings is 1. The first kappa shape index (κ1) is 8.99. The summed E-state index contributed by atoms with van der Waals surface area (Å²) in [7, 11) is 0. The molecule has 0 fully saturated rings. The molecule has 0 heterocycles. The first-order valence-electron chi connectivity index (χ1n) is 3.71. The predicted molar refractivity (Wildman–Crippen MR) is 45.3 cm³/mol. The van der Waals surface area contributed by atoms with Crippen molar-refractivity contribution < 1.29 is 10.4 Å². The van der Waals surface area contributed by atoms with Gasteiger partial charge in [0, 0.05) is 0 Å². The van der Waals surface area contributed by atoms with Gasteiger partial charge < -0.3 is 5.73 Å². The van der Waals surface area contributed by atoms with E-state index in [1.807, 2.05) is 12.1 Å². The van der Waals surface area contributed by atoms with Crippen molar-refractivity contribution >= 4 is 5.69 Å². The Balaban J connectivity index is 2.71. The van der Waals surface area contributed by atoms with E-state index < -0.39 is 0 Å². The van der Waals surface area contributed by atoms with Crippen LogP contribution in [0.2, 0.25) is 0 Å². The van der Waals surface area contributed by atoms with Crippen molar-refractivity contribution in [3.05, 3.63) is 29.8 Å². The second kappa shape index (κ2) is 4.06. The van der Waals surface area contributed by atoms with E-state index in [4.69, 9.17) is 16.1 Å². The molecule has 1 aromatic rings. The van der Waals surface area contributed by atoms with E-state index in [0.717, 1.165) is 12.0 Å². The van der Waals surface area contributed by atoms with Crippen molar-refractivity contribution in [2.75, 3.05) is 11.8 Å². The maximum atomic E-state index is 8.61. The van der Waals surface area contributed by atoms with Crippen molar-refractivity contribution in [1.82, 2.24) is 0 Å². The average Bonchev–Trinajstić information content (AvgIpc) is 2.06. The molecule has 0 aliphatic rings. The normalized spacial score (nSPS) is 9.92. The molecule has 4 nitrogen and oxygen atoms in total. The van der Waals surface area contributed by atoms with Crippen molar-refractivity contribution in [3.63, 3.8) is 0 Å². The van der Waals surface area contributed by atoms with E-state index in [1.54, 1.807) is 12.1 Å². The number of hydrogen-bond donors (Lipinski definition) is 3. The first-order chi connectivity index (χ1) is 5.74. The standard InChI is InChI=1S/C8H12N2O2/c9-6-5-7-1-3-8(4-2-7)10(11)12/h1-4,11-12H,5-6,9H2. The quantitative estimate of drug-likeness (QED) is 0.583. The molecule has 0 spiro atoms. The third-order valence-electron chi connectivity index (χ3n) is 1.60. The lowest BCUT2D eigenvalue weighted by Gasteiger charge is -2.07. The van der Waals surface area contributed by atoms with Crippen LogP contribution >= 0.6 is 0 Å². The zero-order valence-corrected chi connectivity index (χ0v) is 6.64. The number of hydrogen-bond acceptors (Lipinski definition) is 4.